The van der Waals surface area contributed by atoms with Gasteiger partial charge in [0.25, 0.3) is 0 Å². The van der Waals surface area contributed by atoms with E-state index in [1.54, 1.807) is 6.26 Å². The minimum Gasteiger partial charge on any atom is -0.467 e. The molecule has 3 heteroatoms. The van der Waals surface area contributed by atoms with E-state index < -0.39 is 0 Å². The Morgan fingerprint density at radius 1 is 0.944 bits per heavy atom. The van der Waals surface area contributed by atoms with E-state index in [-0.39, 0.29) is 6.04 Å². The molecule has 18 heavy (non-hydrogen) atoms. The van der Waals surface area contributed by atoms with Gasteiger partial charge < -0.3 is 10.2 Å². The molecule has 0 aliphatic carbocycles. The molecule has 0 amide bonds. The van der Waals surface area contributed by atoms with Crippen LogP contribution >= 0.6 is 15.9 Å². The van der Waals surface area contributed by atoms with Crippen LogP contribution in [-0.4, -0.2) is 0 Å². The molecular formula is C15H12BrNO. The van der Waals surface area contributed by atoms with E-state index in [1.165, 1.54) is 0 Å². The molecule has 2 nitrogen and oxygen atoms in total. The maximum absolute atomic E-state index is 6.27. The zero-order valence-corrected chi connectivity index (χ0v) is 11.2. The minimum atomic E-state index is -0.238. The van der Waals surface area contributed by atoms with Crippen LogP contribution in [0.15, 0.2) is 63.7 Å². The van der Waals surface area contributed by atoms with Crippen LogP contribution in [0.3, 0.4) is 0 Å². The number of hydrogen-bond acceptors (Lipinski definition) is 2. The molecule has 1 aromatic heterocycles. The third-order valence-electron chi connectivity index (χ3n) is 3.09. The highest BCUT2D eigenvalue weighted by molar-refractivity contribution is 9.10. The number of hydrogen-bond donors (Lipinski definition) is 1. The molecule has 0 radical (unpaired) electrons. The molecule has 3 aromatic rings. The van der Waals surface area contributed by atoms with Crippen LogP contribution in [0.25, 0.3) is 10.8 Å². The molecule has 0 spiro atoms. The van der Waals surface area contributed by atoms with Crippen molar-refractivity contribution in [2.75, 3.05) is 0 Å². The van der Waals surface area contributed by atoms with Gasteiger partial charge in [0.1, 0.15) is 5.76 Å². The molecular weight excluding hydrogens is 290 g/mol. The van der Waals surface area contributed by atoms with Crippen molar-refractivity contribution in [3.63, 3.8) is 0 Å². The van der Waals surface area contributed by atoms with Gasteiger partial charge in [0.2, 0.25) is 0 Å². The predicted octanol–water partition coefficient (Wildman–Crippen LogP) is 4.24. The van der Waals surface area contributed by atoms with Gasteiger partial charge in [-0.2, -0.15) is 0 Å². The number of furan rings is 1. The van der Waals surface area contributed by atoms with Crippen LogP contribution < -0.4 is 5.73 Å². The van der Waals surface area contributed by atoms with Crippen molar-refractivity contribution in [3.8, 4) is 0 Å². The summed E-state index contributed by atoms with van der Waals surface area (Å²) in [7, 11) is 0. The summed E-state index contributed by atoms with van der Waals surface area (Å²) < 4.78 is 6.47. The first-order chi connectivity index (χ1) is 8.77. The number of nitrogens with two attached hydrogens (primary N) is 1. The van der Waals surface area contributed by atoms with Crippen molar-refractivity contribution in [2.24, 2.45) is 5.73 Å². The van der Waals surface area contributed by atoms with Crippen LogP contribution in [0.4, 0.5) is 0 Å². The second-order valence-corrected chi connectivity index (χ2v) is 5.03. The van der Waals surface area contributed by atoms with Crippen molar-refractivity contribution < 1.29 is 4.42 Å². The first-order valence-electron chi connectivity index (χ1n) is 5.73. The Bertz CT molecular complexity index is 676. The van der Waals surface area contributed by atoms with E-state index in [4.69, 9.17) is 10.2 Å². The van der Waals surface area contributed by atoms with Crippen LogP contribution in [0.5, 0.6) is 0 Å². The van der Waals surface area contributed by atoms with Crippen LogP contribution in [0.1, 0.15) is 17.4 Å². The van der Waals surface area contributed by atoms with E-state index in [0.29, 0.717) is 0 Å². The van der Waals surface area contributed by atoms with Gasteiger partial charge in [-0.1, -0.05) is 46.3 Å². The van der Waals surface area contributed by atoms with Gasteiger partial charge in [-0.25, -0.2) is 0 Å². The third kappa shape index (κ3) is 1.85. The predicted molar refractivity (Wildman–Crippen MR) is 76.4 cm³/mol. The minimum absolute atomic E-state index is 0.238. The molecule has 0 saturated heterocycles. The standard InChI is InChI=1S/C15H12BrNO/c16-13-8-7-12(10-4-1-2-5-11(10)13)15(17)14-6-3-9-18-14/h1-9,15H,17H2. The maximum Gasteiger partial charge on any atom is 0.125 e. The van der Waals surface area contributed by atoms with Crippen LogP contribution in [-0.2, 0) is 0 Å². The fourth-order valence-corrected chi connectivity index (χ4v) is 2.66. The number of fused-ring (bicyclic) bond motifs is 1. The fourth-order valence-electron chi connectivity index (χ4n) is 2.18. The van der Waals surface area contributed by atoms with E-state index in [9.17, 15) is 0 Å². The molecule has 2 N–H and O–H groups in total. The first kappa shape index (κ1) is 11.5. The van der Waals surface area contributed by atoms with E-state index >= 15 is 0 Å². The smallest absolute Gasteiger partial charge is 0.125 e. The van der Waals surface area contributed by atoms with E-state index in [1.807, 2.05) is 36.4 Å². The van der Waals surface area contributed by atoms with Gasteiger partial charge in [0.05, 0.1) is 12.3 Å². The number of benzene rings is 2. The summed E-state index contributed by atoms with van der Waals surface area (Å²) in [6, 6.07) is 15.8. The van der Waals surface area contributed by atoms with Crippen molar-refractivity contribution in [2.45, 2.75) is 6.04 Å². The van der Waals surface area contributed by atoms with Crippen molar-refractivity contribution in [1.82, 2.24) is 0 Å². The topological polar surface area (TPSA) is 39.2 Å². The highest BCUT2D eigenvalue weighted by Gasteiger charge is 2.15. The Morgan fingerprint density at radius 2 is 1.72 bits per heavy atom. The number of rotatable bonds is 2. The Morgan fingerprint density at radius 3 is 2.44 bits per heavy atom. The maximum atomic E-state index is 6.27. The lowest BCUT2D eigenvalue weighted by Gasteiger charge is -2.13. The van der Waals surface area contributed by atoms with Gasteiger partial charge in [0.15, 0.2) is 0 Å². The molecule has 0 fully saturated rings. The van der Waals surface area contributed by atoms with E-state index in [2.05, 4.69) is 28.1 Å². The van der Waals surface area contributed by atoms with Gasteiger partial charge in [-0.15, -0.1) is 0 Å². The summed E-state index contributed by atoms with van der Waals surface area (Å²) >= 11 is 3.56. The quantitative estimate of drug-likeness (QED) is 0.769. The zero-order valence-electron chi connectivity index (χ0n) is 9.64. The molecule has 0 saturated carbocycles. The zero-order chi connectivity index (χ0) is 12.5. The lowest BCUT2D eigenvalue weighted by molar-refractivity contribution is 0.490. The average molecular weight is 302 g/mol. The van der Waals surface area contributed by atoms with E-state index in [0.717, 1.165) is 26.6 Å². The Labute approximate surface area is 114 Å². The normalized spacial score (nSPS) is 12.8. The molecule has 1 unspecified atom stereocenters. The highest BCUT2D eigenvalue weighted by atomic mass is 79.9. The summed E-state index contributed by atoms with van der Waals surface area (Å²) in [6.45, 7) is 0. The van der Waals surface area contributed by atoms with Crippen molar-refractivity contribution in [1.29, 1.82) is 0 Å². The Kier molecular flexibility index (Phi) is 2.94. The molecule has 1 heterocycles. The lowest BCUT2D eigenvalue weighted by Crippen LogP contribution is -2.11. The molecule has 3 rings (SSSR count). The average Bonchev–Trinajstić information content (AvgIpc) is 2.93. The second-order valence-electron chi connectivity index (χ2n) is 4.18. The van der Waals surface area contributed by atoms with Crippen molar-refractivity contribution >= 4 is 26.7 Å². The van der Waals surface area contributed by atoms with Gasteiger partial charge >= 0.3 is 0 Å². The molecule has 2 aromatic carbocycles. The summed E-state index contributed by atoms with van der Waals surface area (Å²) in [5.41, 5.74) is 7.34. The van der Waals surface area contributed by atoms with Crippen LogP contribution in [0, 0.1) is 0 Å². The second kappa shape index (κ2) is 4.59. The molecule has 0 aliphatic heterocycles. The SMILES string of the molecule is NC(c1ccco1)c1ccc(Br)c2ccccc12. The molecule has 1 atom stereocenters. The van der Waals surface area contributed by atoms with Gasteiger partial charge in [-0.3, -0.25) is 0 Å². The highest BCUT2D eigenvalue weighted by Crippen LogP contribution is 2.31. The van der Waals surface area contributed by atoms with Crippen LogP contribution in [0.2, 0.25) is 0 Å². The third-order valence-corrected chi connectivity index (χ3v) is 3.78. The summed E-state index contributed by atoms with van der Waals surface area (Å²) in [6.07, 6.45) is 1.65. The van der Waals surface area contributed by atoms with Crippen molar-refractivity contribution in [3.05, 3.63) is 70.6 Å². The summed E-state index contributed by atoms with van der Waals surface area (Å²) in [5.74, 6) is 0.780. The van der Waals surface area contributed by atoms with Gasteiger partial charge in [0, 0.05) is 4.47 Å². The summed E-state index contributed by atoms with van der Waals surface area (Å²) in [4.78, 5) is 0. The largest absolute Gasteiger partial charge is 0.467 e. The molecule has 90 valence electrons. The summed E-state index contributed by atoms with van der Waals surface area (Å²) in [5, 5.41) is 2.31. The molecule has 0 bridgehead atoms. The first-order valence-corrected chi connectivity index (χ1v) is 6.53. The molecule has 0 aliphatic rings. The van der Waals surface area contributed by atoms with Gasteiger partial charge in [-0.05, 0) is 34.5 Å². The number of halogens is 1. The monoisotopic (exact) mass is 301 g/mol. The Balaban J connectivity index is 2.21. The fraction of sp³-hybridized carbons (Fsp3) is 0.0667. The lowest BCUT2D eigenvalue weighted by atomic mass is 9.98. The Hall–Kier alpha value is -1.58.